The molecular formula is C17H27N3OS. The van der Waals surface area contributed by atoms with Crippen LogP contribution < -0.4 is 5.43 Å². The van der Waals surface area contributed by atoms with Gasteiger partial charge in [0.05, 0.1) is 0 Å². The Morgan fingerprint density at radius 3 is 2.55 bits per heavy atom. The van der Waals surface area contributed by atoms with Gasteiger partial charge in [-0.05, 0) is 38.2 Å². The Labute approximate surface area is 137 Å². The Morgan fingerprint density at radius 2 is 1.86 bits per heavy atom. The number of rotatable bonds is 3. The summed E-state index contributed by atoms with van der Waals surface area (Å²) >= 11 is 2.10. The van der Waals surface area contributed by atoms with Gasteiger partial charge in [0.2, 0.25) is 0 Å². The average Bonchev–Trinajstić information content (AvgIpc) is 2.57. The minimum atomic E-state index is 0.187. The van der Waals surface area contributed by atoms with Crippen molar-refractivity contribution in [2.75, 3.05) is 37.7 Å². The van der Waals surface area contributed by atoms with Gasteiger partial charge in [0.1, 0.15) is 0 Å². The molecule has 2 aliphatic rings. The van der Waals surface area contributed by atoms with Crippen molar-refractivity contribution < 1.29 is 0 Å². The van der Waals surface area contributed by atoms with Gasteiger partial charge in [-0.3, -0.25) is 14.6 Å². The number of nitrogens with one attached hydrogen (secondary N) is 1. The molecule has 5 heteroatoms. The first-order chi connectivity index (χ1) is 10.6. The lowest BCUT2D eigenvalue weighted by atomic mass is 10.1. The molecule has 3 rings (SSSR count). The van der Waals surface area contributed by atoms with Gasteiger partial charge in [-0.25, -0.2) is 0 Å². The van der Waals surface area contributed by atoms with Crippen LogP contribution in [-0.2, 0) is 6.54 Å². The van der Waals surface area contributed by atoms with Gasteiger partial charge in [-0.15, -0.1) is 0 Å². The van der Waals surface area contributed by atoms with Crippen LogP contribution in [0.1, 0.15) is 29.7 Å². The number of aromatic nitrogens is 1. The van der Waals surface area contributed by atoms with Crippen LogP contribution in [0.25, 0.3) is 0 Å². The second kappa shape index (κ2) is 7.20. The van der Waals surface area contributed by atoms with E-state index in [1.54, 1.807) is 0 Å². The van der Waals surface area contributed by atoms with Crippen LogP contribution in [-0.4, -0.2) is 58.5 Å². The first-order valence-electron chi connectivity index (χ1n) is 8.37. The monoisotopic (exact) mass is 321 g/mol. The van der Waals surface area contributed by atoms with Crippen molar-refractivity contribution in [3.05, 3.63) is 33.2 Å². The third-order valence-electron chi connectivity index (χ3n) is 5.11. The zero-order chi connectivity index (χ0) is 15.5. The number of aromatic amines is 1. The van der Waals surface area contributed by atoms with Crippen LogP contribution in [0.5, 0.6) is 0 Å². The Kier molecular flexibility index (Phi) is 5.26. The van der Waals surface area contributed by atoms with Crippen molar-refractivity contribution >= 4 is 11.8 Å². The first-order valence-corrected chi connectivity index (χ1v) is 9.52. The van der Waals surface area contributed by atoms with Crippen LogP contribution >= 0.6 is 11.8 Å². The Morgan fingerprint density at radius 1 is 1.18 bits per heavy atom. The SMILES string of the molecule is Cc1c[nH]c(CN2CCN(C3CCSCC3)CC2)c(C)c1=O. The van der Waals surface area contributed by atoms with E-state index < -0.39 is 0 Å². The van der Waals surface area contributed by atoms with Crippen molar-refractivity contribution in [3.63, 3.8) is 0 Å². The number of hydrogen-bond acceptors (Lipinski definition) is 4. The number of H-pyrrole nitrogens is 1. The van der Waals surface area contributed by atoms with E-state index >= 15 is 0 Å². The van der Waals surface area contributed by atoms with Crippen LogP contribution in [0.2, 0.25) is 0 Å². The average molecular weight is 321 g/mol. The standard InChI is InChI=1S/C17H27N3OS/c1-13-11-18-16(14(2)17(13)21)12-19-5-7-20(8-6-19)15-3-9-22-10-4-15/h11,15H,3-10,12H2,1-2H3,(H,18,21). The number of hydrogen-bond donors (Lipinski definition) is 1. The molecule has 2 saturated heterocycles. The summed E-state index contributed by atoms with van der Waals surface area (Å²) in [6, 6.07) is 0.810. The molecule has 0 spiro atoms. The van der Waals surface area contributed by atoms with Gasteiger partial charge < -0.3 is 4.98 Å². The second-order valence-electron chi connectivity index (χ2n) is 6.56. The van der Waals surface area contributed by atoms with Crippen LogP contribution in [0.15, 0.2) is 11.0 Å². The molecule has 0 aromatic carbocycles. The zero-order valence-corrected chi connectivity index (χ0v) is 14.5. The quantitative estimate of drug-likeness (QED) is 0.924. The zero-order valence-electron chi connectivity index (χ0n) is 13.7. The summed E-state index contributed by atoms with van der Waals surface area (Å²) in [5, 5.41) is 0. The van der Waals surface area contributed by atoms with Crippen LogP contribution in [0, 0.1) is 13.8 Å². The molecule has 0 radical (unpaired) electrons. The first kappa shape index (κ1) is 16.1. The number of thioether (sulfide) groups is 1. The maximum atomic E-state index is 12.0. The molecular weight excluding hydrogens is 294 g/mol. The highest BCUT2D eigenvalue weighted by atomic mass is 32.2. The van der Waals surface area contributed by atoms with Crippen LogP contribution in [0.4, 0.5) is 0 Å². The Balaban J connectivity index is 1.56. The van der Waals surface area contributed by atoms with E-state index in [9.17, 15) is 4.79 Å². The fourth-order valence-electron chi connectivity index (χ4n) is 3.53. The summed E-state index contributed by atoms with van der Waals surface area (Å²) in [5.41, 5.74) is 2.96. The number of pyridine rings is 1. The third kappa shape index (κ3) is 3.58. The van der Waals surface area contributed by atoms with Crippen LogP contribution in [0.3, 0.4) is 0 Å². The molecule has 0 aliphatic carbocycles. The minimum absolute atomic E-state index is 0.187. The molecule has 0 amide bonds. The molecule has 0 bridgehead atoms. The van der Waals surface area contributed by atoms with E-state index in [0.717, 1.165) is 42.5 Å². The van der Waals surface area contributed by atoms with Crippen molar-refractivity contribution in [1.29, 1.82) is 0 Å². The molecule has 0 saturated carbocycles. The lowest BCUT2D eigenvalue weighted by Crippen LogP contribution is -2.50. The number of piperazine rings is 1. The molecule has 1 N–H and O–H groups in total. The van der Waals surface area contributed by atoms with E-state index in [1.165, 1.54) is 37.4 Å². The van der Waals surface area contributed by atoms with E-state index in [-0.39, 0.29) is 5.43 Å². The van der Waals surface area contributed by atoms with Gasteiger partial charge in [0, 0.05) is 61.8 Å². The fourth-order valence-corrected chi connectivity index (χ4v) is 4.61. The normalized spacial score (nSPS) is 22.1. The predicted octanol–water partition coefficient (Wildman–Crippen LogP) is 2.00. The predicted molar refractivity (Wildman–Crippen MR) is 93.7 cm³/mol. The van der Waals surface area contributed by atoms with E-state index in [2.05, 4.69) is 26.5 Å². The highest BCUT2D eigenvalue weighted by Gasteiger charge is 2.25. The topological polar surface area (TPSA) is 39.3 Å². The van der Waals surface area contributed by atoms with Crippen molar-refractivity contribution in [2.24, 2.45) is 0 Å². The highest BCUT2D eigenvalue weighted by Crippen LogP contribution is 2.23. The molecule has 4 nitrogen and oxygen atoms in total. The molecule has 1 aromatic rings. The maximum Gasteiger partial charge on any atom is 0.187 e. The second-order valence-corrected chi connectivity index (χ2v) is 7.78. The third-order valence-corrected chi connectivity index (χ3v) is 6.16. The van der Waals surface area contributed by atoms with Gasteiger partial charge >= 0.3 is 0 Å². The Bertz CT molecular complexity index is 558. The summed E-state index contributed by atoms with van der Waals surface area (Å²) in [6.07, 6.45) is 4.56. The van der Waals surface area contributed by atoms with E-state index in [1.807, 2.05) is 20.0 Å². The molecule has 122 valence electrons. The smallest absolute Gasteiger partial charge is 0.187 e. The molecule has 0 unspecified atom stereocenters. The van der Waals surface area contributed by atoms with Crippen molar-refractivity contribution in [3.8, 4) is 0 Å². The molecule has 3 heterocycles. The van der Waals surface area contributed by atoms with Gasteiger partial charge in [-0.1, -0.05) is 0 Å². The summed E-state index contributed by atoms with van der Waals surface area (Å²) in [5.74, 6) is 2.66. The summed E-state index contributed by atoms with van der Waals surface area (Å²) in [4.78, 5) is 20.5. The summed E-state index contributed by atoms with van der Waals surface area (Å²) < 4.78 is 0. The maximum absolute atomic E-state index is 12.0. The highest BCUT2D eigenvalue weighted by molar-refractivity contribution is 7.99. The molecule has 2 aliphatic heterocycles. The van der Waals surface area contributed by atoms with E-state index in [4.69, 9.17) is 0 Å². The van der Waals surface area contributed by atoms with Crippen molar-refractivity contribution in [2.45, 2.75) is 39.3 Å². The van der Waals surface area contributed by atoms with Gasteiger partial charge in [0.15, 0.2) is 5.43 Å². The molecule has 2 fully saturated rings. The number of nitrogens with zero attached hydrogens (tertiary/aromatic N) is 2. The largest absolute Gasteiger partial charge is 0.363 e. The van der Waals surface area contributed by atoms with Crippen molar-refractivity contribution in [1.82, 2.24) is 14.8 Å². The Hall–Kier alpha value is -0.780. The lowest BCUT2D eigenvalue weighted by molar-refractivity contribution is 0.0871. The molecule has 22 heavy (non-hydrogen) atoms. The molecule has 1 aromatic heterocycles. The number of aryl methyl sites for hydroxylation is 1. The fraction of sp³-hybridized carbons (Fsp3) is 0.706. The summed E-state index contributed by atoms with van der Waals surface area (Å²) in [6.45, 7) is 9.25. The summed E-state index contributed by atoms with van der Waals surface area (Å²) in [7, 11) is 0. The van der Waals surface area contributed by atoms with Gasteiger partial charge in [-0.2, -0.15) is 11.8 Å². The minimum Gasteiger partial charge on any atom is -0.363 e. The van der Waals surface area contributed by atoms with Gasteiger partial charge in [0.25, 0.3) is 0 Å². The van der Waals surface area contributed by atoms with E-state index in [0.29, 0.717) is 0 Å². The molecule has 0 atom stereocenters. The lowest BCUT2D eigenvalue weighted by Gasteiger charge is -2.40.